The lowest BCUT2D eigenvalue weighted by atomic mass is 9.78. The van der Waals surface area contributed by atoms with Crippen LogP contribution in [-0.2, 0) is 20.0 Å². The fraction of sp³-hybridized carbons (Fsp3) is 0.519. The van der Waals surface area contributed by atoms with Crippen LogP contribution in [0, 0.1) is 11.2 Å². The Labute approximate surface area is 216 Å². The van der Waals surface area contributed by atoms with Gasteiger partial charge in [-0.05, 0) is 69.7 Å². The Kier molecular flexibility index (Phi) is 6.72. The monoisotopic (exact) mass is 534 g/mol. The first-order valence-corrected chi connectivity index (χ1v) is 14.0. The number of ether oxygens (including phenoxy) is 1. The molecule has 0 spiro atoms. The maximum atomic E-state index is 15.4. The molecule has 1 fully saturated rings. The van der Waals surface area contributed by atoms with Crippen LogP contribution in [0.1, 0.15) is 69.8 Å². The van der Waals surface area contributed by atoms with E-state index in [0.29, 0.717) is 24.2 Å². The van der Waals surface area contributed by atoms with E-state index in [9.17, 15) is 22.4 Å². The number of fused-ring (bicyclic) bond motifs is 1. The van der Waals surface area contributed by atoms with Crippen molar-refractivity contribution < 1.29 is 31.5 Å². The van der Waals surface area contributed by atoms with Crippen LogP contribution in [0.15, 0.2) is 30.5 Å². The summed E-state index contributed by atoms with van der Waals surface area (Å²) in [5.41, 5.74) is -2.53. The number of anilines is 2. The van der Waals surface area contributed by atoms with Crippen LogP contribution in [0.2, 0.25) is 0 Å². The maximum Gasteiger partial charge on any atom is 0.242 e. The lowest BCUT2D eigenvalue weighted by Crippen LogP contribution is -2.33. The van der Waals surface area contributed by atoms with Crippen molar-refractivity contribution in [2.75, 3.05) is 23.0 Å². The lowest BCUT2D eigenvalue weighted by Gasteiger charge is -2.32. The van der Waals surface area contributed by atoms with Crippen molar-refractivity contribution in [2.45, 2.75) is 65.0 Å². The van der Waals surface area contributed by atoms with Gasteiger partial charge in [0.25, 0.3) is 0 Å². The summed E-state index contributed by atoms with van der Waals surface area (Å²) in [7, 11) is -3.10. The van der Waals surface area contributed by atoms with Crippen molar-refractivity contribution in [2.24, 2.45) is 5.41 Å². The number of Topliss-reactive ketones (excluding diaryl/α,β-unsaturated/α-hetero) is 1. The van der Waals surface area contributed by atoms with Gasteiger partial charge < -0.3 is 4.74 Å². The highest BCUT2D eigenvalue weighted by Crippen LogP contribution is 2.47. The van der Waals surface area contributed by atoms with Crippen LogP contribution in [0.3, 0.4) is 0 Å². The Morgan fingerprint density at radius 1 is 1.16 bits per heavy atom. The van der Waals surface area contributed by atoms with E-state index in [4.69, 9.17) is 4.74 Å². The molecule has 1 amide bonds. The molecule has 200 valence electrons. The molecular weight excluding hydrogens is 502 g/mol. The van der Waals surface area contributed by atoms with E-state index in [-0.39, 0.29) is 47.5 Å². The number of sulfone groups is 1. The quantitative estimate of drug-likeness (QED) is 0.460. The van der Waals surface area contributed by atoms with Gasteiger partial charge in [-0.15, -0.1) is 0 Å². The summed E-state index contributed by atoms with van der Waals surface area (Å²) in [6.45, 7) is 7.81. The van der Waals surface area contributed by atoms with Crippen molar-refractivity contribution in [3.8, 4) is 5.75 Å². The van der Waals surface area contributed by atoms with Gasteiger partial charge in [-0.25, -0.2) is 22.2 Å². The van der Waals surface area contributed by atoms with Crippen LogP contribution in [-0.4, -0.2) is 48.9 Å². The van der Waals surface area contributed by atoms with Gasteiger partial charge in [0, 0.05) is 18.7 Å². The molecule has 3 heterocycles. The summed E-state index contributed by atoms with van der Waals surface area (Å²) < 4.78 is 58.4. The number of carbonyl (C=O) groups excluding carboxylic acids is 2. The predicted molar refractivity (Wildman–Crippen MR) is 136 cm³/mol. The van der Waals surface area contributed by atoms with Gasteiger partial charge in [0.1, 0.15) is 39.5 Å². The van der Waals surface area contributed by atoms with E-state index in [1.807, 2.05) is 6.92 Å². The first kappa shape index (κ1) is 27.2. The van der Waals surface area contributed by atoms with Crippen molar-refractivity contribution >= 4 is 33.0 Å². The number of ketones is 1. The number of nitrogens with zero attached hydrogens (tertiary/aromatic N) is 2. The van der Waals surface area contributed by atoms with Gasteiger partial charge in [-0.3, -0.25) is 14.5 Å². The Bertz CT molecular complexity index is 1350. The molecule has 0 atom stereocenters. The molecule has 0 radical (unpaired) electrons. The molecule has 4 rings (SSSR count). The highest BCUT2D eigenvalue weighted by molar-refractivity contribution is 7.91. The summed E-state index contributed by atoms with van der Waals surface area (Å²) in [5.74, 6) is -1.02. The Morgan fingerprint density at radius 3 is 2.43 bits per heavy atom. The third-order valence-electron chi connectivity index (χ3n) is 7.19. The Balaban J connectivity index is 1.65. The number of pyridine rings is 1. The van der Waals surface area contributed by atoms with E-state index in [1.165, 1.54) is 43.1 Å². The zero-order valence-corrected chi connectivity index (χ0v) is 22.5. The lowest BCUT2D eigenvalue weighted by molar-refractivity contribution is -0.121. The molecule has 1 aromatic carbocycles. The number of rotatable bonds is 7. The first-order chi connectivity index (χ1) is 17.0. The molecule has 2 aliphatic rings. The zero-order chi connectivity index (χ0) is 27.4. The van der Waals surface area contributed by atoms with E-state index < -0.39 is 37.9 Å². The average molecular weight is 535 g/mol. The molecule has 0 aliphatic carbocycles. The molecule has 10 heteroatoms. The topological polar surface area (TPSA) is 93.6 Å². The smallest absolute Gasteiger partial charge is 0.242 e. The van der Waals surface area contributed by atoms with Gasteiger partial charge in [0.05, 0.1) is 28.2 Å². The minimum atomic E-state index is -3.10. The summed E-state index contributed by atoms with van der Waals surface area (Å²) >= 11 is 0. The molecule has 0 bridgehead atoms. The fourth-order valence-electron chi connectivity index (χ4n) is 4.75. The third kappa shape index (κ3) is 5.54. The molecule has 0 unspecified atom stereocenters. The number of aromatic nitrogens is 1. The highest BCUT2D eigenvalue weighted by atomic mass is 32.2. The molecule has 7 nitrogen and oxygen atoms in total. The average Bonchev–Trinajstić information content (AvgIpc) is 2.98. The van der Waals surface area contributed by atoms with Crippen LogP contribution in [0.25, 0.3) is 0 Å². The van der Waals surface area contributed by atoms with Crippen molar-refractivity contribution in [1.29, 1.82) is 0 Å². The molecule has 37 heavy (non-hydrogen) atoms. The van der Waals surface area contributed by atoms with Gasteiger partial charge in [-0.2, -0.15) is 0 Å². The summed E-state index contributed by atoms with van der Waals surface area (Å²) in [4.78, 5) is 32.2. The van der Waals surface area contributed by atoms with E-state index >= 15 is 4.39 Å². The molecule has 1 saturated heterocycles. The molecule has 2 aliphatic heterocycles. The Morgan fingerprint density at radius 2 is 1.81 bits per heavy atom. The number of benzene rings is 1. The molecule has 0 N–H and O–H groups in total. The van der Waals surface area contributed by atoms with E-state index in [2.05, 4.69) is 4.98 Å². The first-order valence-electron chi connectivity index (χ1n) is 12.2. The maximum absolute atomic E-state index is 15.4. The summed E-state index contributed by atoms with van der Waals surface area (Å²) in [5, 5.41) is 0. The number of carbonyl (C=O) groups is 2. The highest BCUT2D eigenvalue weighted by Gasteiger charge is 2.46. The number of hydrogen-bond donors (Lipinski definition) is 0. The molecular formula is C27H32F2N2O5S. The largest absolute Gasteiger partial charge is 0.490 e. The molecule has 2 aromatic rings. The number of amides is 1. The standard InChI is InChI=1S/C27H32F2N2O5S/c1-25(2,29)16-36-17-6-9-30-23(12-17)31-21-14-20(28)18(13-19(21)26(3,4)24(31)33)22(32)15-27(5)7-10-37(34,35)11-8-27/h6,9,12-14H,7-8,10-11,15-16H2,1-5H3. The summed E-state index contributed by atoms with van der Waals surface area (Å²) in [6.07, 6.45) is 2.12. The Hall–Kier alpha value is -2.88. The summed E-state index contributed by atoms with van der Waals surface area (Å²) in [6, 6.07) is 5.63. The fourth-order valence-corrected chi connectivity index (χ4v) is 6.56. The van der Waals surface area contributed by atoms with Gasteiger partial charge >= 0.3 is 0 Å². The minimum Gasteiger partial charge on any atom is -0.490 e. The van der Waals surface area contributed by atoms with Gasteiger partial charge in [-0.1, -0.05) is 6.92 Å². The second-order valence-electron chi connectivity index (χ2n) is 11.5. The number of halogens is 2. The van der Waals surface area contributed by atoms with Crippen LogP contribution in [0.4, 0.5) is 20.3 Å². The number of hydrogen-bond acceptors (Lipinski definition) is 6. The number of alkyl halides is 1. The minimum absolute atomic E-state index is 0.0124. The second kappa shape index (κ2) is 9.15. The van der Waals surface area contributed by atoms with Gasteiger partial charge in [0.2, 0.25) is 5.91 Å². The van der Waals surface area contributed by atoms with Crippen molar-refractivity contribution in [1.82, 2.24) is 4.98 Å². The van der Waals surface area contributed by atoms with Crippen molar-refractivity contribution in [3.05, 3.63) is 47.4 Å². The molecule has 0 saturated carbocycles. The second-order valence-corrected chi connectivity index (χ2v) is 13.8. The van der Waals surface area contributed by atoms with E-state index in [1.54, 1.807) is 19.9 Å². The van der Waals surface area contributed by atoms with Crippen LogP contribution < -0.4 is 9.64 Å². The van der Waals surface area contributed by atoms with E-state index in [0.717, 1.165) is 0 Å². The zero-order valence-electron chi connectivity index (χ0n) is 21.7. The van der Waals surface area contributed by atoms with Gasteiger partial charge in [0.15, 0.2) is 5.78 Å². The predicted octanol–water partition coefficient (Wildman–Crippen LogP) is 5.09. The van der Waals surface area contributed by atoms with Crippen LogP contribution >= 0.6 is 0 Å². The normalized spacial score (nSPS) is 20.0. The molecule has 1 aromatic heterocycles. The third-order valence-corrected chi connectivity index (χ3v) is 8.84. The SMILES string of the molecule is CC(C)(F)COc1ccnc(N2C(=O)C(C)(C)c3cc(C(=O)CC4(C)CCS(=O)(=O)CC4)c(F)cc32)c1. The van der Waals surface area contributed by atoms with Crippen molar-refractivity contribution in [3.63, 3.8) is 0 Å². The van der Waals surface area contributed by atoms with Crippen LogP contribution in [0.5, 0.6) is 5.75 Å².